The summed E-state index contributed by atoms with van der Waals surface area (Å²) in [5, 5.41) is 1.74. The molecule has 1 aliphatic rings. The first-order valence-corrected chi connectivity index (χ1v) is 8.16. The fourth-order valence-corrected chi connectivity index (χ4v) is 3.03. The first kappa shape index (κ1) is 15.0. The zero-order valence-electron chi connectivity index (χ0n) is 12.9. The van der Waals surface area contributed by atoms with Crippen molar-refractivity contribution in [2.75, 3.05) is 18.1 Å². The number of rotatable bonds is 3. The van der Waals surface area contributed by atoms with Crippen molar-refractivity contribution in [1.29, 1.82) is 0 Å². The number of halogens is 1. The highest BCUT2D eigenvalue weighted by molar-refractivity contribution is 6.30. The zero-order chi connectivity index (χ0) is 16.5. The Kier molecular flexibility index (Phi) is 3.82. The average molecular weight is 339 g/mol. The van der Waals surface area contributed by atoms with Gasteiger partial charge >= 0.3 is 0 Å². The molecule has 0 aliphatic carbocycles. The summed E-state index contributed by atoms with van der Waals surface area (Å²) >= 11 is 5.84. The molecule has 0 saturated heterocycles. The van der Waals surface area contributed by atoms with Gasteiger partial charge in [-0.3, -0.25) is 9.69 Å². The van der Waals surface area contributed by atoms with Crippen molar-refractivity contribution < 1.29 is 9.53 Å². The van der Waals surface area contributed by atoms with Crippen LogP contribution in [0.4, 0.5) is 5.82 Å². The van der Waals surface area contributed by atoms with Crippen molar-refractivity contribution in [3.8, 4) is 5.75 Å². The van der Waals surface area contributed by atoms with Crippen LogP contribution in [0.5, 0.6) is 5.75 Å². The van der Waals surface area contributed by atoms with Crippen LogP contribution in [-0.2, 0) is 11.2 Å². The number of aromatic nitrogens is 1. The third-order valence-corrected chi connectivity index (χ3v) is 4.37. The minimum absolute atomic E-state index is 0.0183. The lowest BCUT2D eigenvalue weighted by atomic mass is 10.1. The average Bonchev–Trinajstić information content (AvgIpc) is 3.02. The number of hydrogen-bond donors (Lipinski definition) is 0. The first-order chi connectivity index (χ1) is 11.7. The molecule has 1 amide bonds. The second-order valence-corrected chi connectivity index (χ2v) is 6.14. The summed E-state index contributed by atoms with van der Waals surface area (Å²) in [5.41, 5.74) is 2.00. The Labute approximate surface area is 144 Å². The molecule has 5 heteroatoms. The standard InChI is InChI=1S/C19H15ClN2O2/c20-15-5-7-16(8-6-15)24-12-18(23)22-10-9-14-11-13-3-1-2-4-17(13)21-19(14)22/h1-8,11H,9-10,12H2. The van der Waals surface area contributed by atoms with Gasteiger partial charge in [0.25, 0.3) is 5.91 Å². The van der Waals surface area contributed by atoms with Crippen molar-refractivity contribution in [2.45, 2.75) is 6.42 Å². The van der Waals surface area contributed by atoms with Gasteiger partial charge in [0.05, 0.1) is 5.52 Å². The van der Waals surface area contributed by atoms with Gasteiger partial charge in [-0.15, -0.1) is 0 Å². The van der Waals surface area contributed by atoms with E-state index in [-0.39, 0.29) is 12.5 Å². The minimum Gasteiger partial charge on any atom is -0.484 e. The van der Waals surface area contributed by atoms with Crippen LogP contribution in [0.3, 0.4) is 0 Å². The Morgan fingerprint density at radius 2 is 1.96 bits per heavy atom. The molecule has 120 valence electrons. The Bertz CT molecular complexity index is 909. The van der Waals surface area contributed by atoms with E-state index in [4.69, 9.17) is 16.3 Å². The van der Waals surface area contributed by atoms with E-state index in [1.165, 1.54) is 0 Å². The van der Waals surface area contributed by atoms with Crippen molar-refractivity contribution in [3.63, 3.8) is 0 Å². The number of carbonyl (C=O) groups is 1. The maximum absolute atomic E-state index is 12.5. The topological polar surface area (TPSA) is 42.4 Å². The highest BCUT2D eigenvalue weighted by Crippen LogP contribution is 2.29. The fraction of sp³-hybridized carbons (Fsp3) is 0.158. The second kappa shape index (κ2) is 6.13. The van der Waals surface area contributed by atoms with E-state index in [0.29, 0.717) is 17.3 Å². The molecule has 2 heterocycles. The maximum Gasteiger partial charge on any atom is 0.266 e. The smallest absolute Gasteiger partial charge is 0.266 e. The summed E-state index contributed by atoms with van der Waals surface area (Å²) in [7, 11) is 0. The van der Waals surface area contributed by atoms with Gasteiger partial charge in [0.2, 0.25) is 0 Å². The molecule has 0 spiro atoms. The van der Waals surface area contributed by atoms with Gasteiger partial charge < -0.3 is 4.74 Å². The number of amides is 1. The first-order valence-electron chi connectivity index (χ1n) is 7.78. The molecule has 0 radical (unpaired) electrons. The van der Waals surface area contributed by atoms with Gasteiger partial charge in [-0.2, -0.15) is 0 Å². The van der Waals surface area contributed by atoms with Crippen LogP contribution < -0.4 is 9.64 Å². The molecule has 0 atom stereocenters. The summed E-state index contributed by atoms with van der Waals surface area (Å²) in [6, 6.07) is 17.0. The highest BCUT2D eigenvalue weighted by atomic mass is 35.5. The van der Waals surface area contributed by atoms with Crippen LogP contribution in [0, 0.1) is 0 Å². The van der Waals surface area contributed by atoms with Crippen molar-refractivity contribution in [3.05, 3.63) is 65.2 Å². The van der Waals surface area contributed by atoms with Crippen molar-refractivity contribution >= 4 is 34.2 Å². The largest absolute Gasteiger partial charge is 0.484 e. The van der Waals surface area contributed by atoms with Gasteiger partial charge in [-0.05, 0) is 48.4 Å². The van der Waals surface area contributed by atoms with E-state index in [9.17, 15) is 4.79 Å². The highest BCUT2D eigenvalue weighted by Gasteiger charge is 2.26. The normalized spacial score (nSPS) is 13.1. The number of para-hydroxylation sites is 1. The number of carbonyl (C=O) groups excluding carboxylic acids is 1. The van der Waals surface area contributed by atoms with E-state index in [1.54, 1.807) is 29.2 Å². The Morgan fingerprint density at radius 3 is 2.79 bits per heavy atom. The van der Waals surface area contributed by atoms with Crippen LogP contribution in [0.2, 0.25) is 5.02 Å². The zero-order valence-corrected chi connectivity index (χ0v) is 13.7. The molecule has 1 aromatic heterocycles. The molecule has 3 aromatic rings. The fourth-order valence-electron chi connectivity index (χ4n) is 2.90. The van der Waals surface area contributed by atoms with E-state index in [1.807, 2.05) is 24.3 Å². The molecule has 0 N–H and O–H groups in total. The molecule has 4 rings (SSSR count). The molecule has 24 heavy (non-hydrogen) atoms. The third kappa shape index (κ3) is 2.81. The second-order valence-electron chi connectivity index (χ2n) is 5.70. The molecular formula is C19H15ClN2O2. The summed E-state index contributed by atoms with van der Waals surface area (Å²) in [4.78, 5) is 18.9. The SMILES string of the molecule is O=C(COc1ccc(Cl)cc1)N1CCc2cc3ccccc3nc21. The quantitative estimate of drug-likeness (QED) is 0.728. The van der Waals surface area contributed by atoms with Gasteiger partial charge in [-0.25, -0.2) is 4.98 Å². The molecule has 1 aliphatic heterocycles. The van der Waals surface area contributed by atoms with Crippen molar-refractivity contribution in [1.82, 2.24) is 4.98 Å². The van der Waals surface area contributed by atoms with E-state index in [2.05, 4.69) is 11.1 Å². The molecule has 0 fully saturated rings. The van der Waals surface area contributed by atoms with Gasteiger partial charge in [0.1, 0.15) is 11.6 Å². The van der Waals surface area contributed by atoms with E-state index in [0.717, 1.165) is 28.7 Å². The lowest BCUT2D eigenvalue weighted by Gasteiger charge is -2.17. The van der Waals surface area contributed by atoms with E-state index >= 15 is 0 Å². The molecule has 2 aromatic carbocycles. The maximum atomic E-state index is 12.5. The summed E-state index contributed by atoms with van der Waals surface area (Å²) in [5.74, 6) is 1.28. The Hall–Kier alpha value is -2.59. The van der Waals surface area contributed by atoms with Gasteiger partial charge in [0, 0.05) is 17.0 Å². The van der Waals surface area contributed by atoms with E-state index < -0.39 is 0 Å². The number of benzene rings is 2. The molecular weight excluding hydrogens is 324 g/mol. The molecule has 0 saturated carbocycles. The van der Waals surface area contributed by atoms with Crippen LogP contribution >= 0.6 is 11.6 Å². The summed E-state index contributed by atoms with van der Waals surface area (Å²) in [6.45, 7) is 0.622. The number of hydrogen-bond acceptors (Lipinski definition) is 3. The number of nitrogens with zero attached hydrogens (tertiary/aromatic N) is 2. The van der Waals surface area contributed by atoms with Crippen molar-refractivity contribution in [2.24, 2.45) is 0 Å². The third-order valence-electron chi connectivity index (χ3n) is 4.12. The van der Waals surface area contributed by atoms with Crippen LogP contribution in [-0.4, -0.2) is 24.0 Å². The van der Waals surface area contributed by atoms with Crippen LogP contribution in [0.25, 0.3) is 10.9 Å². The van der Waals surface area contributed by atoms with Crippen LogP contribution in [0.1, 0.15) is 5.56 Å². The summed E-state index contributed by atoms with van der Waals surface area (Å²) in [6.07, 6.45) is 0.819. The van der Waals surface area contributed by atoms with Crippen LogP contribution in [0.15, 0.2) is 54.6 Å². The number of anilines is 1. The molecule has 0 bridgehead atoms. The Morgan fingerprint density at radius 1 is 1.17 bits per heavy atom. The monoisotopic (exact) mass is 338 g/mol. The number of fused-ring (bicyclic) bond motifs is 2. The minimum atomic E-state index is -0.0912. The lowest BCUT2D eigenvalue weighted by Crippen LogP contribution is -2.33. The Balaban J connectivity index is 1.52. The molecule has 0 unspecified atom stereocenters. The predicted octanol–water partition coefficient (Wildman–Crippen LogP) is 3.86. The number of pyridine rings is 1. The summed E-state index contributed by atoms with van der Waals surface area (Å²) < 4.78 is 5.56. The van der Waals surface area contributed by atoms with Gasteiger partial charge in [-0.1, -0.05) is 29.8 Å². The lowest BCUT2D eigenvalue weighted by molar-refractivity contribution is -0.120. The van der Waals surface area contributed by atoms with Gasteiger partial charge in [0.15, 0.2) is 6.61 Å². The predicted molar refractivity (Wildman–Crippen MR) is 94.7 cm³/mol. The number of ether oxygens (including phenoxy) is 1. The molecule has 4 nitrogen and oxygen atoms in total.